The number of nitrogens with one attached hydrogen (secondary N) is 6. The van der Waals surface area contributed by atoms with E-state index < -0.39 is 102 Å². The van der Waals surface area contributed by atoms with E-state index in [0.29, 0.717) is 5.71 Å². The molecule has 48 heavy (non-hydrogen) atoms. The second-order valence-corrected chi connectivity index (χ2v) is 14.0. The molecule has 0 aliphatic carbocycles. The molecule has 1 saturated heterocycles. The standard InChI is InChI=1S/C27H42N10O9S2/c1-11(2)20-27(46)35-17(6-19(38)39)26(45)36-18(21(29)40)9-48-47-8-15(28)24(43)32-12(3)22(41)34-16(5-14-7-30-10-31-14)25(44)33-13(4)23(42)37-20/h10-13,15-18,20H,5-9,28H2,1-4H3,(H2,29,40)(H,32,43)(H,33,44)(H,34,41)(H,35,46)(H,36,45)(H,37,42)(H,38,39)/t12-,13-,15+,16-,17-,18-,20+/m1/s1. The first-order valence-corrected chi connectivity index (χ1v) is 17.4. The fourth-order valence-electron chi connectivity index (χ4n) is 4.17. The van der Waals surface area contributed by atoms with Crippen LogP contribution in [0.3, 0.4) is 0 Å². The van der Waals surface area contributed by atoms with Gasteiger partial charge in [0, 0.05) is 23.6 Å². The van der Waals surface area contributed by atoms with E-state index in [1.54, 1.807) is 13.8 Å². The Balaban J connectivity index is 2.39. The normalized spacial score (nSPS) is 29.0. The second kappa shape index (κ2) is 18.9. The minimum absolute atomic E-state index is 0.0162. The smallest absolute Gasteiger partial charge is 0.305 e. The summed E-state index contributed by atoms with van der Waals surface area (Å²) in [6, 6.07) is -8.93. The number of aliphatic carboxylic acids is 1. The molecule has 11 N–H and O–H groups in total. The molecule has 2 rings (SSSR count). The number of aliphatic imine (C=N–C) groups is 2. The third kappa shape index (κ3) is 12.8. The zero-order chi connectivity index (χ0) is 36.1. The molecule has 1 fully saturated rings. The molecular weight excluding hydrogens is 672 g/mol. The van der Waals surface area contributed by atoms with Crippen LogP contribution >= 0.6 is 21.6 Å². The Morgan fingerprint density at radius 3 is 1.96 bits per heavy atom. The number of rotatable bonds is 6. The van der Waals surface area contributed by atoms with Crippen LogP contribution in [0.1, 0.15) is 40.5 Å². The third-order valence-corrected chi connectivity index (χ3v) is 9.44. The van der Waals surface area contributed by atoms with Crippen LogP contribution in [0.5, 0.6) is 0 Å². The van der Waals surface area contributed by atoms with Crippen LogP contribution in [-0.4, -0.2) is 125 Å². The molecule has 266 valence electrons. The Hall–Kier alpha value is -4.24. The zero-order valence-electron chi connectivity index (χ0n) is 26.8. The van der Waals surface area contributed by atoms with Crippen molar-refractivity contribution in [1.29, 1.82) is 0 Å². The first-order chi connectivity index (χ1) is 22.5. The quantitative estimate of drug-likeness (QED) is 0.120. The fourth-order valence-corrected chi connectivity index (χ4v) is 6.47. The molecule has 0 radical (unpaired) electrons. The molecule has 0 bridgehead atoms. The summed E-state index contributed by atoms with van der Waals surface area (Å²) >= 11 is 0. The Bertz CT molecular complexity index is 1330. The van der Waals surface area contributed by atoms with Crippen molar-refractivity contribution in [2.24, 2.45) is 27.4 Å². The minimum atomic E-state index is -1.66. The number of amides is 7. The molecule has 2 aliphatic heterocycles. The summed E-state index contributed by atoms with van der Waals surface area (Å²) in [7, 11) is 2.11. The van der Waals surface area contributed by atoms with E-state index in [1.165, 1.54) is 20.2 Å². The second-order valence-electron chi connectivity index (χ2n) is 11.4. The van der Waals surface area contributed by atoms with Gasteiger partial charge in [-0.2, -0.15) is 0 Å². The highest BCUT2D eigenvalue weighted by molar-refractivity contribution is 8.76. The zero-order valence-corrected chi connectivity index (χ0v) is 28.4. The lowest BCUT2D eigenvalue weighted by Crippen LogP contribution is -2.60. The molecule has 0 aromatic heterocycles. The minimum Gasteiger partial charge on any atom is -0.481 e. The van der Waals surface area contributed by atoms with Gasteiger partial charge in [-0.3, -0.25) is 43.3 Å². The van der Waals surface area contributed by atoms with Crippen LogP contribution in [0, 0.1) is 5.92 Å². The van der Waals surface area contributed by atoms with Crippen LogP contribution in [0.4, 0.5) is 0 Å². The van der Waals surface area contributed by atoms with E-state index in [9.17, 15) is 43.5 Å². The molecule has 21 heteroatoms. The highest BCUT2D eigenvalue weighted by Gasteiger charge is 2.34. The fraction of sp³-hybridized carbons (Fsp3) is 0.630. The van der Waals surface area contributed by atoms with Gasteiger partial charge in [-0.15, -0.1) is 0 Å². The summed E-state index contributed by atoms with van der Waals surface area (Å²) in [6.07, 6.45) is 0.387. The number of carbonyl (C=O) groups is 8. The number of nitrogens with two attached hydrogens (primary N) is 2. The SMILES string of the molecule is CC(C)[C@@H]1NC(=O)[C@@H](C)NC(=O)[C@@H](CC2=NC=NC2)NC(=O)[C@@H](C)NC(=O)[C@@H](N)CSSC[C@H](C(N)=O)NC(=O)[C@@H](CC(=O)O)NC1=O. The first-order valence-electron chi connectivity index (χ1n) is 14.9. The van der Waals surface area contributed by atoms with Gasteiger partial charge in [0.15, 0.2) is 0 Å². The van der Waals surface area contributed by atoms with E-state index in [0.717, 1.165) is 21.6 Å². The van der Waals surface area contributed by atoms with Crippen molar-refractivity contribution < 1.29 is 43.5 Å². The van der Waals surface area contributed by atoms with Crippen LogP contribution in [0.2, 0.25) is 0 Å². The van der Waals surface area contributed by atoms with E-state index in [2.05, 4.69) is 41.9 Å². The van der Waals surface area contributed by atoms with Gasteiger partial charge in [0.1, 0.15) is 42.6 Å². The Kier molecular flexibility index (Phi) is 15.8. The summed E-state index contributed by atoms with van der Waals surface area (Å²) < 4.78 is 0. The third-order valence-electron chi connectivity index (χ3n) is 6.99. The Labute approximate surface area is 284 Å². The average molecular weight is 715 g/mol. The summed E-state index contributed by atoms with van der Waals surface area (Å²) in [5.74, 6) is -7.93. The van der Waals surface area contributed by atoms with E-state index >= 15 is 0 Å². The molecular formula is C27H42N10O9S2. The highest BCUT2D eigenvalue weighted by Crippen LogP contribution is 2.22. The number of hydrogen-bond acceptors (Lipinski definition) is 13. The van der Waals surface area contributed by atoms with Crippen molar-refractivity contribution in [3.05, 3.63) is 0 Å². The molecule has 0 saturated carbocycles. The number of hydrogen-bond donors (Lipinski definition) is 9. The maximum absolute atomic E-state index is 13.3. The van der Waals surface area contributed by atoms with Crippen LogP contribution in [-0.2, 0) is 38.4 Å². The van der Waals surface area contributed by atoms with Gasteiger partial charge >= 0.3 is 5.97 Å². The number of nitrogens with zero attached hydrogens (tertiary/aromatic N) is 2. The van der Waals surface area contributed by atoms with Crippen molar-refractivity contribution in [3.8, 4) is 0 Å². The summed E-state index contributed by atoms with van der Waals surface area (Å²) in [4.78, 5) is 110. The van der Waals surface area contributed by atoms with E-state index in [4.69, 9.17) is 11.5 Å². The molecule has 2 aliphatic rings. The molecule has 19 nitrogen and oxygen atoms in total. The highest BCUT2D eigenvalue weighted by atomic mass is 33.1. The van der Waals surface area contributed by atoms with Crippen LogP contribution in [0.25, 0.3) is 0 Å². The monoisotopic (exact) mass is 714 g/mol. The maximum atomic E-state index is 13.3. The van der Waals surface area contributed by atoms with Crippen molar-refractivity contribution in [2.75, 3.05) is 18.1 Å². The molecule has 0 aromatic rings. The van der Waals surface area contributed by atoms with E-state index in [1.807, 2.05) is 0 Å². The van der Waals surface area contributed by atoms with Crippen molar-refractivity contribution in [3.63, 3.8) is 0 Å². The molecule has 0 unspecified atom stereocenters. The summed E-state index contributed by atoms with van der Waals surface area (Å²) in [6.45, 7) is 6.10. The van der Waals surface area contributed by atoms with Gasteiger partial charge in [-0.05, 0) is 19.8 Å². The van der Waals surface area contributed by atoms with Gasteiger partial charge in [0.25, 0.3) is 0 Å². The lowest BCUT2D eigenvalue weighted by molar-refractivity contribution is -0.141. The predicted octanol–water partition coefficient (Wildman–Crippen LogP) is -3.85. The molecule has 0 aromatic carbocycles. The van der Waals surface area contributed by atoms with Gasteiger partial charge in [0.2, 0.25) is 41.4 Å². The number of carboxylic acids is 1. The molecule has 7 atom stereocenters. The van der Waals surface area contributed by atoms with Gasteiger partial charge in [0.05, 0.1) is 19.0 Å². The number of carbonyl (C=O) groups excluding carboxylic acids is 7. The molecule has 7 amide bonds. The van der Waals surface area contributed by atoms with Gasteiger partial charge in [-0.25, -0.2) is 4.99 Å². The largest absolute Gasteiger partial charge is 0.481 e. The molecule has 0 spiro atoms. The summed E-state index contributed by atoms with van der Waals surface area (Å²) in [5, 5.41) is 24.1. The predicted molar refractivity (Wildman–Crippen MR) is 178 cm³/mol. The van der Waals surface area contributed by atoms with Gasteiger partial charge < -0.3 is 48.5 Å². The van der Waals surface area contributed by atoms with Crippen molar-refractivity contribution >= 4 is 81.0 Å². The van der Waals surface area contributed by atoms with Crippen LogP contribution < -0.4 is 43.4 Å². The number of carboxylic acid groups (broad SMARTS) is 1. The lowest BCUT2D eigenvalue weighted by Gasteiger charge is -2.27. The van der Waals surface area contributed by atoms with Crippen LogP contribution in [0.15, 0.2) is 9.98 Å². The molecule has 2 heterocycles. The van der Waals surface area contributed by atoms with E-state index in [-0.39, 0.29) is 24.5 Å². The first kappa shape index (κ1) is 39.9. The Morgan fingerprint density at radius 2 is 1.40 bits per heavy atom. The average Bonchev–Trinajstić information content (AvgIpc) is 3.52. The van der Waals surface area contributed by atoms with Crippen molar-refractivity contribution in [1.82, 2.24) is 31.9 Å². The number of primary amides is 1. The Morgan fingerprint density at radius 1 is 0.833 bits per heavy atom. The topological polar surface area (TPSA) is 306 Å². The lowest BCUT2D eigenvalue weighted by atomic mass is 10.0. The maximum Gasteiger partial charge on any atom is 0.305 e. The van der Waals surface area contributed by atoms with Gasteiger partial charge in [-0.1, -0.05) is 35.4 Å². The van der Waals surface area contributed by atoms with Crippen molar-refractivity contribution in [2.45, 2.75) is 82.8 Å². The summed E-state index contributed by atoms with van der Waals surface area (Å²) in [5.41, 5.74) is 11.9.